The number of nitrogens with one attached hydrogen (secondary N) is 1. The minimum atomic E-state index is -0.164. The summed E-state index contributed by atoms with van der Waals surface area (Å²) in [5, 5.41) is 14.5. The average molecular weight is 481 g/mol. The largest absolute Gasteiger partial charge is 0.485 e. The van der Waals surface area contributed by atoms with Gasteiger partial charge in [0.1, 0.15) is 12.4 Å². The van der Waals surface area contributed by atoms with Crippen molar-refractivity contribution >= 4 is 34.7 Å². The number of para-hydroxylation sites is 1. The van der Waals surface area contributed by atoms with Crippen LogP contribution in [0.5, 0.6) is 5.75 Å². The minimum absolute atomic E-state index is 0.146. The van der Waals surface area contributed by atoms with Crippen LogP contribution >= 0.6 is 23.1 Å². The molecular formula is C23H24N6O2S2. The number of anilines is 1. The summed E-state index contributed by atoms with van der Waals surface area (Å²) in [6.45, 7) is 6.13. The first-order valence-corrected chi connectivity index (χ1v) is 12.1. The fourth-order valence-electron chi connectivity index (χ4n) is 3.25. The van der Waals surface area contributed by atoms with Crippen LogP contribution in [0.1, 0.15) is 22.0 Å². The number of nitrogens with two attached hydrogens (primary N) is 1. The first kappa shape index (κ1) is 22.8. The van der Waals surface area contributed by atoms with Gasteiger partial charge in [0.05, 0.1) is 16.5 Å². The van der Waals surface area contributed by atoms with Crippen molar-refractivity contribution in [3.8, 4) is 17.0 Å². The molecule has 0 aliphatic rings. The first-order chi connectivity index (χ1) is 15.9. The number of aromatic nitrogens is 4. The Bertz CT molecular complexity index is 1260. The second-order valence-electron chi connectivity index (χ2n) is 7.45. The first-order valence-electron chi connectivity index (χ1n) is 10.2. The smallest absolute Gasteiger partial charge is 0.234 e. The zero-order valence-electron chi connectivity index (χ0n) is 18.5. The van der Waals surface area contributed by atoms with Gasteiger partial charge in [-0.3, -0.25) is 4.79 Å². The van der Waals surface area contributed by atoms with Crippen LogP contribution in [0.2, 0.25) is 0 Å². The molecule has 0 saturated carbocycles. The summed E-state index contributed by atoms with van der Waals surface area (Å²) < 4.78 is 7.26. The fraction of sp³-hybridized carbons (Fsp3) is 0.217. The Morgan fingerprint density at radius 3 is 2.64 bits per heavy atom. The standard InChI is InChI=1S/C23H24N6O2S2/c1-14-6-4-7-15(2)22(14)31-11-20-27-28-23(29(20)24)33-13-21(30)26-18-9-5-8-17(10-18)19-12-32-16(3)25-19/h4-10,12H,11,13,24H2,1-3H3,(H,26,30). The molecule has 33 heavy (non-hydrogen) atoms. The third kappa shape index (κ3) is 5.52. The summed E-state index contributed by atoms with van der Waals surface area (Å²) in [7, 11) is 0. The van der Waals surface area contributed by atoms with Gasteiger partial charge in [0.15, 0.2) is 5.82 Å². The van der Waals surface area contributed by atoms with Gasteiger partial charge in [-0.2, -0.15) is 0 Å². The van der Waals surface area contributed by atoms with Crippen molar-refractivity contribution in [2.24, 2.45) is 0 Å². The molecule has 170 valence electrons. The number of nitrogens with zero attached hydrogens (tertiary/aromatic N) is 4. The second kappa shape index (κ2) is 10.1. The van der Waals surface area contributed by atoms with E-state index in [1.807, 2.05) is 68.6 Å². The van der Waals surface area contributed by atoms with Gasteiger partial charge in [-0.15, -0.1) is 21.5 Å². The van der Waals surface area contributed by atoms with Crippen molar-refractivity contribution in [3.63, 3.8) is 0 Å². The molecule has 10 heteroatoms. The number of nitrogen functional groups attached to an aromatic ring is 1. The van der Waals surface area contributed by atoms with Gasteiger partial charge in [-0.1, -0.05) is 42.1 Å². The highest BCUT2D eigenvalue weighted by molar-refractivity contribution is 7.99. The third-order valence-corrected chi connectivity index (χ3v) is 6.60. The Hall–Kier alpha value is -3.37. The van der Waals surface area contributed by atoms with Gasteiger partial charge in [0, 0.05) is 16.6 Å². The zero-order valence-corrected chi connectivity index (χ0v) is 20.2. The highest BCUT2D eigenvalue weighted by Gasteiger charge is 2.14. The number of amides is 1. The second-order valence-corrected chi connectivity index (χ2v) is 9.45. The number of benzene rings is 2. The van der Waals surface area contributed by atoms with E-state index in [0.717, 1.165) is 33.1 Å². The van der Waals surface area contributed by atoms with E-state index in [0.29, 0.717) is 16.7 Å². The van der Waals surface area contributed by atoms with Crippen LogP contribution < -0.4 is 15.9 Å². The number of carbonyl (C=O) groups is 1. The number of rotatable bonds is 8. The van der Waals surface area contributed by atoms with Crippen molar-refractivity contribution in [1.82, 2.24) is 19.9 Å². The van der Waals surface area contributed by atoms with Crippen LogP contribution in [0.15, 0.2) is 53.0 Å². The lowest BCUT2D eigenvalue weighted by Crippen LogP contribution is -2.18. The molecule has 1 amide bonds. The van der Waals surface area contributed by atoms with E-state index in [1.165, 1.54) is 16.4 Å². The summed E-state index contributed by atoms with van der Waals surface area (Å²) in [6, 6.07) is 13.6. The summed E-state index contributed by atoms with van der Waals surface area (Å²) >= 11 is 2.81. The predicted molar refractivity (Wildman–Crippen MR) is 132 cm³/mol. The summed E-state index contributed by atoms with van der Waals surface area (Å²) in [6.07, 6.45) is 0. The molecule has 3 N–H and O–H groups in total. The van der Waals surface area contributed by atoms with E-state index in [4.69, 9.17) is 10.6 Å². The number of ether oxygens (including phenoxy) is 1. The molecular weight excluding hydrogens is 456 g/mol. The number of thioether (sulfide) groups is 1. The number of carbonyl (C=O) groups excluding carboxylic acids is 1. The zero-order chi connectivity index (χ0) is 23.4. The molecule has 4 aromatic rings. The maximum atomic E-state index is 12.5. The van der Waals surface area contributed by atoms with Crippen LogP contribution in [-0.4, -0.2) is 31.5 Å². The molecule has 8 nitrogen and oxygen atoms in total. The molecule has 0 atom stereocenters. The van der Waals surface area contributed by atoms with E-state index < -0.39 is 0 Å². The topological polar surface area (TPSA) is 108 Å². The third-order valence-electron chi connectivity index (χ3n) is 4.88. The van der Waals surface area contributed by atoms with Crippen LogP contribution in [0, 0.1) is 20.8 Å². The van der Waals surface area contributed by atoms with Crippen LogP contribution in [0.25, 0.3) is 11.3 Å². The van der Waals surface area contributed by atoms with Crippen LogP contribution in [0.3, 0.4) is 0 Å². The fourth-order valence-corrected chi connectivity index (χ4v) is 4.54. The molecule has 2 aromatic heterocycles. The molecule has 2 heterocycles. The Labute approximate surface area is 200 Å². The van der Waals surface area contributed by atoms with E-state index in [9.17, 15) is 4.79 Å². The lowest BCUT2D eigenvalue weighted by Gasteiger charge is -2.11. The molecule has 0 radical (unpaired) electrons. The highest BCUT2D eigenvalue weighted by Crippen LogP contribution is 2.25. The van der Waals surface area contributed by atoms with Crippen molar-refractivity contribution in [1.29, 1.82) is 0 Å². The van der Waals surface area contributed by atoms with Gasteiger partial charge in [0.2, 0.25) is 11.1 Å². The van der Waals surface area contributed by atoms with Crippen LogP contribution in [0.4, 0.5) is 5.69 Å². The predicted octanol–water partition coefficient (Wildman–Crippen LogP) is 4.35. The Morgan fingerprint density at radius 2 is 1.91 bits per heavy atom. The normalized spacial score (nSPS) is 10.9. The van der Waals surface area contributed by atoms with Crippen molar-refractivity contribution < 1.29 is 9.53 Å². The summed E-state index contributed by atoms with van der Waals surface area (Å²) in [5.74, 6) is 7.39. The van der Waals surface area contributed by atoms with Gasteiger partial charge < -0.3 is 15.9 Å². The van der Waals surface area contributed by atoms with E-state index in [2.05, 4.69) is 20.5 Å². The summed E-state index contributed by atoms with van der Waals surface area (Å²) in [5.41, 5.74) is 4.65. The van der Waals surface area contributed by atoms with E-state index in [1.54, 1.807) is 11.3 Å². The monoisotopic (exact) mass is 480 g/mol. The number of thiazole rings is 1. The lowest BCUT2D eigenvalue weighted by atomic mass is 10.1. The maximum Gasteiger partial charge on any atom is 0.234 e. The molecule has 0 bridgehead atoms. The van der Waals surface area contributed by atoms with Crippen molar-refractivity contribution in [2.45, 2.75) is 32.5 Å². The molecule has 0 aliphatic carbocycles. The Morgan fingerprint density at radius 1 is 1.15 bits per heavy atom. The van der Waals surface area contributed by atoms with E-state index in [-0.39, 0.29) is 18.3 Å². The lowest BCUT2D eigenvalue weighted by molar-refractivity contribution is -0.113. The van der Waals surface area contributed by atoms with Gasteiger partial charge in [-0.25, -0.2) is 9.66 Å². The number of hydrogen-bond donors (Lipinski definition) is 2. The Balaban J connectivity index is 1.33. The minimum Gasteiger partial charge on any atom is -0.485 e. The number of aryl methyl sites for hydroxylation is 3. The number of hydrogen-bond acceptors (Lipinski definition) is 8. The molecule has 0 saturated heterocycles. The van der Waals surface area contributed by atoms with Gasteiger partial charge in [0.25, 0.3) is 0 Å². The van der Waals surface area contributed by atoms with Gasteiger partial charge in [-0.05, 0) is 44.0 Å². The Kier molecular flexibility index (Phi) is 6.95. The molecule has 4 rings (SSSR count). The highest BCUT2D eigenvalue weighted by atomic mass is 32.2. The molecule has 0 unspecified atom stereocenters. The quantitative estimate of drug-likeness (QED) is 0.285. The van der Waals surface area contributed by atoms with Gasteiger partial charge >= 0.3 is 0 Å². The summed E-state index contributed by atoms with van der Waals surface area (Å²) in [4.78, 5) is 17.0. The van der Waals surface area contributed by atoms with Crippen molar-refractivity contribution in [2.75, 3.05) is 16.9 Å². The molecule has 0 aliphatic heterocycles. The molecule has 0 fully saturated rings. The molecule has 2 aromatic carbocycles. The van der Waals surface area contributed by atoms with Crippen LogP contribution in [-0.2, 0) is 11.4 Å². The average Bonchev–Trinajstić information content (AvgIpc) is 3.38. The van der Waals surface area contributed by atoms with Crippen molar-refractivity contribution in [3.05, 3.63) is 69.8 Å². The van der Waals surface area contributed by atoms with E-state index >= 15 is 0 Å². The molecule has 0 spiro atoms. The SMILES string of the molecule is Cc1nc(-c2cccc(NC(=O)CSc3nnc(COc4c(C)cccc4C)n3N)c2)cs1. The maximum absolute atomic E-state index is 12.5.